The molecule has 0 aliphatic carbocycles. The van der Waals surface area contributed by atoms with Crippen molar-refractivity contribution in [1.82, 2.24) is 15.1 Å². The lowest BCUT2D eigenvalue weighted by atomic mass is 10.0. The van der Waals surface area contributed by atoms with Crippen LogP contribution in [0.5, 0.6) is 0 Å². The molecule has 0 bridgehead atoms. The van der Waals surface area contributed by atoms with Crippen LogP contribution in [0.2, 0.25) is 0 Å². The Balaban J connectivity index is 1.72. The van der Waals surface area contributed by atoms with Gasteiger partial charge in [0.1, 0.15) is 0 Å². The molecule has 0 fully saturated rings. The van der Waals surface area contributed by atoms with E-state index in [0.29, 0.717) is 13.1 Å². The molecule has 0 saturated heterocycles. The number of hydrogen-bond donors (Lipinski definition) is 2. The molecule has 6 heteroatoms. The Morgan fingerprint density at radius 2 is 2.08 bits per heavy atom. The van der Waals surface area contributed by atoms with Gasteiger partial charge in [0.05, 0.1) is 11.7 Å². The zero-order valence-electron chi connectivity index (χ0n) is 14.0. The van der Waals surface area contributed by atoms with Gasteiger partial charge in [-0.25, -0.2) is 0 Å². The van der Waals surface area contributed by atoms with Gasteiger partial charge in [0.15, 0.2) is 0 Å². The number of aromatic amines is 1. The first kappa shape index (κ1) is 17.0. The van der Waals surface area contributed by atoms with E-state index in [1.165, 1.54) is 5.56 Å². The van der Waals surface area contributed by atoms with Crippen LogP contribution in [-0.2, 0) is 17.6 Å². The summed E-state index contributed by atoms with van der Waals surface area (Å²) < 4.78 is 0. The fraction of sp³-hybridized carbons (Fsp3) is 0.444. The number of aromatic nitrogens is 2. The van der Waals surface area contributed by atoms with Gasteiger partial charge >= 0.3 is 0 Å². The van der Waals surface area contributed by atoms with Crippen molar-refractivity contribution in [2.45, 2.75) is 25.3 Å². The fourth-order valence-corrected chi connectivity index (χ4v) is 3.63. The third-order valence-electron chi connectivity index (χ3n) is 4.53. The molecule has 2 aromatic rings. The molecule has 0 radical (unpaired) electrons. The third kappa shape index (κ3) is 3.65. The van der Waals surface area contributed by atoms with Crippen molar-refractivity contribution < 1.29 is 4.79 Å². The average Bonchev–Trinajstić information content (AvgIpc) is 2.91. The van der Waals surface area contributed by atoms with Crippen molar-refractivity contribution in [3.05, 3.63) is 41.6 Å². The number of nitrogens with two attached hydrogens (primary N) is 1. The van der Waals surface area contributed by atoms with Gasteiger partial charge < -0.3 is 10.6 Å². The molecule has 3 N–H and O–H groups in total. The zero-order chi connectivity index (χ0) is 16.9. The van der Waals surface area contributed by atoms with Gasteiger partial charge in [0, 0.05) is 36.3 Å². The highest BCUT2D eigenvalue weighted by Crippen LogP contribution is 2.26. The van der Waals surface area contributed by atoms with E-state index in [1.807, 2.05) is 29.4 Å². The Morgan fingerprint density at radius 3 is 2.83 bits per heavy atom. The number of rotatable bonds is 5. The lowest BCUT2D eigenvalue weighted by molar-refractivity contribution is -0.132. The second-order valence-electron chi connectivity index (χ2n) is 6.11. The number of H-pyrrole nitrogens is 1. The molecule has 1 aliphatic rings. The number of fused-ring (bicyclic) bond motifs is 1. The Morgan fingerprint density at radius 1 is 1.33 bits per heavy atom. The average molecular weight is 344 g/mol. The topological polar surface area (TPSA) is 75.0 Å². The van der Waals surface area contributed by atoms with Crippen molar-refractivity contribution in [2.24, 2.45) is 5.73 Å². The third-order valence-corrected chi connectivity index (χ3v) is 5.17. The van der Waals surface area contributed by atoms with Gasteiger partial charge in [-0.05, 0) is 24.9 Å². The molecule has 1 atom stereocenters. The predicted molar refractivity (Wildman–Crippen MR) is 99.0 cm³/mol. The van der Waals surface area contributed by atoms with E-state index in [2.05, 4.69) is 22.3 Å². The molecule has 3 rings (SSSR count). The van der Waals surface area contributed by atoms with Crippen molar-refractivity contribution in [2.75, 3.05) is 25.1 Å². The van der Waals surface area contributed by atoms with Crippen LogP contribution in [0, 0.1) is 0 Å². The van der Waals surface area contributed by atoms with E-state index < -0.39 is 0 Å². The summed E-state index contributed by atoms with van der Waals surface area (Å²) >= 11 is 1.72. The van der Waals surface area contributed by atoms with E-state index in [9.17, 15) is 4.79 Å². The maximum Gasteiger partial charge on any atom is 0.239 e. The Kier molecular flexibility index (Phi) is 5.58. The van der Waals surface area contributed by atoms with Crippen LogP contribution in [0.1, 0.15) is 17.7 Å². The van der Waals surface area contributed by atoms with Gasteiger partial charge in [-0.3, -0.25) is 9.89 Å². The molecular weight excluding hydrogens is 320 g/mol. The first-order chi connectivity index (χ1) is 11.7. The summed E-state index contributed by atoms with van der Waals surface area (Å²) in [5.41, 5.74) is 10.6. The molecule has 128 valence electrons. The molecular formula is C18H24N4OS. The molecule has 1 aromatic heterocycles. The number of amides is 1. The van der Waals surface area contributed by atoms with E-state index in [0.717, 1.165) is 42.0 Å². The minimum Gasteiger partial charge on any atom is -0.341 e. The summed E-state index contributed by atoms with van der Waals surface area (Å²) in [5, 5.41) is 7.66. The van der Waals surface area contributed by atoms with Crippen molar-refractivity contribution >= 4 is 17.7 Å². The highest BCUT2D eigenvalue weighted by Gasteiger charge is 2.25. The maximum atomic E-state index is 12.6. The smallest absolute Gasteiger partial charge is 0.239 e. The fourth-order valence-electron chi connectivity index (χ4n) is 3.14. The van der Waals surface area contributed by atoms with Crippen LogP contribution in [0.3, 0.4) is 0 Å². The summed E-state index contributed by atoms with van der Waals surface area (Å²) in [6, 6.07) is 9.80. The monoisotopic (exact) mass is 344 g/mol. The SMILES string of the molecule is CSCC[C@@H](N)C(=O)N1CCc2[nH]nc(-c3ccccc3)c2CC1. The highest BCUT2D eigenvalue weighted by atomic mass is 32.2. The lowest BCUT2D eigenvalue weighted by Crippen LogP contribution is -2.45. The molecule has 1 amide bonds. The molecule has 1 aliphatic heterocycles. The molecule has 24 heavy (non-hydrogen) atoms. The number of hydrogen-bond acceptors (Lipinski definition) is 4. The van der Waals surface area contributed by atoms with E-state index in [4.69, 9.17) is 5.73 Å². The van der Waals surface area contributed by atoms with Gasteiger partial charge in [-0.15, -0.1) is 0 Å². The number of nitrogens with zero attached hydrogens (tertiary/aromatic N) is 2. The summed E-state index contributed by atoms with van der Waals surface area (Å²) in [6.45, 7) is 1.41. The summed E-state index contributed by atoms with van der Waals surface area (Å²) in [4.78, 5) is 14.5. The Labute approximate surface area is 147 Å². The van der Waals surface area contributed by atoms with Crippen LogP contribution in [0.25, 0.3) is 11.3 Å². The van der Waals surface area contributed by atoms with E-state index in [1.54, 1.807) is 11.8 Å². The number of thioether (sulfide) groups is 1. The highest BCUT2D eigenvalue weighted by molar-refractivity contribution is 7.98. The van der Waals surface area contributed by atoms with Gasteiger partial charge in [0.2, 0.25) is 5.91 Å². The Bertz CT molecular complexity index is 686. The second-order valence-corrected chi connectivity index (χ2v) is 7.09. The van der Waals surface area contributed by atoms with Gasteiger partial charge in [0.25, 0.3) is 0 Å². The number of carbonyl (C=O) groups excluding carboxylic acids is 1. The van der Waals surface area contributed by atoms with Gasteiger partial charge in [-0.2, -0.15) is 16.9 Å². The van der Waals surface area contributed by atoms with Crippen LogP contribution >= 0.6 is 11.8 Å². The molecule has 0 saturated carbocycles. The largest absolute Gasteiger partial charge is 0.341 e. The van der Waals surface area contributed by atoms with Crippen LogP contribution < -0.4 is 5.73 Å². The van der Waals surface area contributed by atoms with Crippen LogP contribution in [0.4, 0.5) is 0 Å². The van der Waals surface area contributed by atoms with Gasteiger partial charge in [-0.1, -0.05) is 30.3 Å². The quantitative estimate of drug-likeness (QED) is 0.871. The van der Waals surface area contributed by atoms with Crippen LogP contribution in [-0.4, -0.2) is 52.1 Å². The summed E-state index contributed by atoms with van der Waals surface area (Å²) in [5.74, 6) is 0.991. The zero-order valence-corrected chi connectivity index (χ0v) is 14.8. The summed E-state index contributed by atoms with van der Waals surface area (Å²) in [7, 11) is 0. The van der Waals surface area contributed by atoms with Crippen molar-refractivity contribution in [1.29, 1.82) is 0 Å². The van der Waals surface area contributed by atoms with Crippen LogP contribution in [0.15, 0.2) is 30.3 Å². The molecule has 2 heterocycles. The minimum absolute atomic E-state index is 0.0726. The molecule has 1 aromatic carbocycles. The van der Waals surface area contributed by atoms with Crippen molar-refractivity contribution in [3.63, 3.8) is 0 Å². The number of carbonyl (C=O) groups is 1. The second kappa shape index (κ2) is 7.85. The van der Waals surface area contributed by atoms with E-state index >= 15 is 0 Å². The number of benzene rings is 1. The number of nitrogens with one attached hydrogen (secondary N) is 1. The standard InChI is InChI=1S/C18H24N4OS/c1-24-12-9-15(19)18(23)22-10-7-14-16(8-11-22)20-21-17(14)13-5-3-2-4-6-13/h2-6,15H,7-12,19H2,1H3,(H,20,21)/t15-/m1/s1. The molecule has 0 unspecified atom stereocenters. The van der Waals surface area contributed by atoms with E-state index in [-0.39, 0.29) is 11.9 Å². The lowest BCUT2D eigenvalue weighted by Gasteiger charge is -2.24. The maximum absolute atomic E-state index is 12.6. The first-order valence-corrected chi connectivity index (χ1v) is 9.75. The minimum atomic E-state index is -0.388. The normalized spacial score (nSPS) is 15.7. The Hall–Kier alpha value is -1.79. The predicted octanol–water partition coefficient (Wildman–Crippen LogP) is 2.08. The molecule has 5 nitrogen and oxygen atoms in total. The first-order valence-electron chi connectivity index (χ1n) is 8.35. The molecule has 0 spiro atoms. The summed E-state index contributed by atoms with van der Waals surface area (Å²) in [6.07, 6.45) is 4.39. The van der Waals surface area contributed by atoms with Crippen molar-refractivity contribution in [3.8, 4) is 11.3 Å².